The molecule has 1 aliphatic heterocycles. The third-order valence-electron chi connectivity index (χ3n) is 5.67. The van der Waals surface area contributed by atoms with Crippen molar-refractivity contribution in [3.8, 4) is 0 Å². The zero-order valence-corrected chi connectivity index (χ0v) is 18.4. The van der Waals surface area contributed by atoms with E-state index in [0.29, 0.717) is 25.9 Å². The molecule has 33 heavy (non-hydrogen) atoms. The van der Waals surface area contributed by atoms with Crippen LogP contribution >= 0.6 is 0 Å². The lowest BCUT2D eigenvalue weighted by Crippen LogP contribution is -2.38. The number of likely N-dealkylation sites (tertiary alicyclic amines) is 1. The monoisotopic (exact) mass is 472 g/mol. The standard InChI is InChI=1S/C23H22F2N4O3S/c24-17-7-5-15(6-8-17)16-9-11-29(12-10-16)23(30)18-14-27-22(33(26,31)32)13-21(18)28-20-4-2-1-3-19(20)25/h1-8,13-14,16H,9-12H2,(H,27,28)(H2,26,31,32). The molecule has 3 N–H and O–H groups in total. The summed E-state index contributed by atoms with van der Waals surface area (Å²) in [6.07, 6.45) is 2.52. The molecule has 3 aromatic rings. The SMILES string of the molecule is NS(=O)(=O)c1cc(Nc2ccccc2F)c(C(=O)N2CCC(c3ccc(F)cc3)CC2)cn1. The van der Waals surface area contributed by atoms with E-state index in [1.165, 1.54) is 30.3 Å². The fourth-order valence-corrected chi connectivity index (χ4v) is 4.38. The second-order valence-corrected chi connectivity index (χ2v) is 9.34. The van der Waals surface area contributed by atoms with Gasteiger partial charge in [0.25, 0.3) is 15.9 Å². The number of rotatable bonds is 5. The molecular weight excluding hydrogens is 450 g/mol. The van der Waals surface area contributed by atoms with Gasteiger partial charge in [0.05, 0.1) is 16.9 Å². The lowest BCUT2D eigenvalue weighted by Gasteiger charge is -2.32. The number of nitrogens with two attached hydrogens (primary N) is 1. The van der Waals surface area contributed by atoms with Crippen molar-refractivity contribution in [3.05, 3.63) is 83.6 Å². The smallest absolute Gasteiger partial charge is 0.257 e. The molecule has 0 radical (unpaired) electrons. The Hall–Kier alpha value is -3.37. The van der Waals surface area contributed by atoms with E-state index >= 15 is 0 Å². The number of anilines is 2. The van der Waals surface area contributed by atoms with Crippen molar-refractivity contribution in [2.75, 3.05) is 18.4 Å². The number of para-hydroxylation sites is 1. The first-order valence-electron chi connectivity index (χ1n) is 10.3. The van der Waals surface area contributed by atoms with Crippen LogP contribution in [0.1, 0.15) is 34.7 Å². The Morgan fingerprint density at radius 1 is 1.03 bits per heavy atom. The minimum atomic E-state index is -4.13. The third-order valence-corrected chi connectivity index (χ3v) is 6.47. The van der Waals surface area contributed by atoms with Crippen LogP contribution < -0.4 is 10.5 Å². The van der Waals surface area contributed by atoms with Crippen molar-refractivity contribution in [2.45, 2.75) is 23.8 Å². The van der Waals surface area contributed by atoms with Gasteiger partial charge in [0.1, 0.15) is 11.6 Å². The molecule has 4 rings (SSSR count). The maximum absolute atomic E-state index is 14.2. The number of pyridine rings is 1. The number of hydrogen-bond donors (Lipinski definition) is 2. The number of primary sulfonamides is 1. The molecule has 172 valence electrons. The molecule has 0 unspecified atom stereocenters. The molecule has 1 aliphatic rings. The van der Waals surface area contributed by atoms with E-state index in [-0.39, 0.29) is 34.6 Å². The van der Waals surface area contributed by atoms with Gasteiger partial charge in [-0.15, -0.1) is 0 Å². The van der Waals surface area contributed by atoms with Crippen LogP contribution in [0.5, 0.6) is 0 Å². The van der Waals surface area contributed by atoms with Crippen LogP contribution in [0, 0.1) is 11.6 Å². The van der Waals surface area contributed by atoms with Gasteiger partial charge in [-0.3, -0.25) is 4.79 Å². The Labute approximate surface area is 190 Å². The molecule has 2 aromatic carbocycles. The van der Waals surface area contributed by atoms with Crippen LogP contribution in [0.15, 0.2) is 65.8 Å². The van der Waals surface area contributed by atoms with Gasteiger partial charge in [0, 0.05) is 25.4 Å². The summed E-state index contributed by atoms with van der Waals surface area (Å²) in [6, 6.07) is 13.3. The molecule has 0 aliphatic carbocycles. The second-order valence-electron chi connectivity index (χ2n) is 7.84. The normalized spacial score (nSPS) is 14.8. The zero-order chi connectivity index (χ0) is 23.6. The van der Waals surface area contributed by atoms with Crippen LogP contribution in [-0.4, -0.2) is 37.3 Å². The molecule has 0 atom stereocenters. The maximum atomic E-state index is 14.2. The van der Waals surface area contributed by atoms with E-state index in [2.05, 4.69) is 10.3 Å². The summed E-state index contributed by atoms with van der Waals surface area (Å²) >= 11 is 0. The van der Waals surface area contributed by atoms with Gasteiger partial charge >= 0.3 is 0 Å². The van der Waals surface area contributed by atoms with Crippen molar-refractivity contribution in [1.29, 1.82) is 0 Å². The van der Waals surface area contributed by atoms with Crippen LogP contribution in [0.2, 0.25) is 0 Å². The van der Waals surface area contributed by atoms with Crippen LogP contribution in [0.25, 0.3) is 0 Å². The first kappa shape index (κ1) is 22.8. The summed E-state index contributed by atoms with van der Waals surface area (Å²) < 4.78 is 50.9. The minimum Gasteiger partial charge on any atom is -0.352 e. The van der Waals surface area contributed by atoms with E-state index in [1.807, 2.05) is 0 Å². The number of benzene rings is 2. The van der Waals surface area contributed by atoms with E-state index in [1.54, 1.807) is 23.1 Å². The number of halogens is 2. The van der Waals surface area contributed by atoms with Crippen LogP contribution in [0.3, 0.4) is 0 Å². The molecule has 0 saturated carbocycles. The van der Waals surface area contributed by atoms with Gasteiger partial charge in [0.2, 0.25) is 0 Å². The first-order valence-corrected chi connectivity index (χ1v) is 11.9. The second kappa shape index (κ2) is 9.24. The van der Waals surface area contributed by atoms with Gasteiger partial charge in [-0.1, -0.05) is 24.3 Å². The molecule has 1 fully saturated rings. The van der Waals surface area contributed by atoms with Gasteiger partial charge in [0.15, 0.2) is 5.03 Å². The fourth-order valence-electron chi connectivity index (χ4n) is 3.89. The highest BCUT2D eigenvalue weighted by molar-refractivity contribution is 7.89. The Balaban J connectivity index is 1.58. The van der Waals surface area contributed by atoms with Crippen molar-refractivity contribution < 1.29 is 22.0 Å². The largest absolute Gasteiger partial charge is 0.352 e. The summed E-state index contributed by atoms with van der Waals surface area (Å²) in [6.45, 7) is 0.911. The summed E-state index contributed by atoms with van der Waals surface area (Å²) in [7, 11) is -4.13. The molecular formula is C23H22F2N4O3S. The molecule has 0 bridgehead atoms. The van der Waals surface area contributed by atoms with E-state index in [0.717, 1.165) is 17.8 Å². The third kappa shape index (κ3) is 5.18. The van der Waals surface area contributed by atoms with Crippen molar-refractivity contribution in [3.63, 3.8) is 0 Å². The number of nitrogens with one attached hydrogen (secondary N) is 1. The fraction of sp³-hybridized carbons (Fsp3) is 0.217. The Morgan fingerprint density at radius 2 is 1.70 bits per heavy atom. The van der Waals surface area contributed by atoms with Gasteiger partial charge in [-0.2, -0.15) is 0 Å². The Kier molecular flexibility index (Phi) is 6.39. The minimum absolute atomic E-state index is 0.0770. The first-order chi connectivity index (χ1) is 15.7. The topological polar surface area (TPSA) is 105 Å². The Bertz CT molecular complexity index is 1280. The van der Waals surface area contributed by atoms with Gasteiger partial charge in [-0.25, -0.2) is 27.3 Å². The van der Waals surface area contributed by atoms with E-state index < -0.39 is 20.9 Å². The van der Waals surface area contributed by atoms with Crippen molar-refractivity contribution in [2.24, 2.45) is 5.14 Å². The predicted molar refractivity (Wildman–Crippen MR) is 120 cm³/mol. The summed E-state index contributed by atoms with van der Waals surface area (Å²) in [5, 5.41) is 7.54. The number of aromatic nitrogens is 1. The number of sulfonamides is 1. The summed E-state index contributed by atoms with van der Waals surface area (Å²) in [5.41, 5.74) is 1.29. The van der Waals surface area contributed by atoms with E-state index in [9.17, 15) is 22.0 Å². The van der Waals surface area contributed by atoms with Crippen LogP contribution in [0.4, 0.5) is 20.2 Å². The molecule has 1 amide bonds. The van der Waals surface area contributed by atoms with Crippen LogP contribution in [-0.2, 0) is 10.0 Å². The van der Waals surface area contributed by atoms with E-state index in [4.69, 9.17) is 5.14 Å². The molecule has 1 aromatic heterocycles. The zero-order valence-electron chi connectivity index (χ0n) is 17.5. The average Bonchev–Trinajstić information content (AvgIpc) is 2.80. The number of hydrogen-bond acceptors (Lipinski definition) is 5. The number of carbonyl (C=O) groups is 1. The quantitative estimate of drug-likeness (QED) is 0.588. The molecule has 2 heterocycles. The van der Waals surface area contributed by atoms with Crippen molar-refractivity contribution in [1.82, 2.24) is 9.88 Å². The summed E-state index contributed by atoms with van der Waals surface area (Å²) in [5.74, 6) is -1.02. The number of nitrogens with zero attached hydrogens (tertiary/aromatic N) is 2. The number of amides is 1. The highest BCUT2D eigenvalue weighted by Gasteiger charge is 2.27. The maximum Gasteiger partial charge on any atom is 0.257 e. The number of carbonyl (C=O) groups excluding carboxylic acids is 1. The molecule has 10 heteroatoms. The lowest BCUT2D eigenvalue weighted by atomic mass is 9.89. The molecule has 7 nitrogen and oxygen atoms in total. The Morgan fingerprint density at radius 3 is 2.33 bits per heavy atom. The van der Waals surface area contributed by atoms with Gasteiger partial charge in [-0.05, 0) is 48.6 Å². The molecule has 0 spiro atoms. The summed E-state index contributed by atoms with van der Waals surface area (Å²) in [4.78, 5) is 18.7. The highest BCUT2D eigenvalue weighted by atomic mass is 32.2. The lowest BCUT2D eigenvalue weighted by molar-refractivity contribution is 0.0713. The average molecular weight is 473 g/mol. The van der Waals surface area contributed by atoms with Gasteiger partial charge < -0.3 is 10.2 Å². The number of piperidine rings is 1. The molecule has 1 saturated heterocycles. The van der Waals surface area contributed by atoms with Crippen molar-refractivity contribution >= 4 is 27.3 Å². The predicted octanol–water partition coefficient (Wildman–Crippen LogP) is 3.77. The highest BCUT2D eigenvalue weighted by Crippen LogP contribution is 2.31.